The van der Waals surface area contributed by atoms with E-state index in [1.54, 1.807) is 18.4 Å². The fourth-order valence-electron chi connectivity index (χ4n) is 1.45. The van der Waals surface area contributed by atoms with Crippen LogP contribution in [0.1, 0.15) is 35.3 Å². The molecule has 0 amide bonds. The van der Waals surface area contributed by atoms with Gasteiger partial charge < -0.3 is 10.2 Å². The van der Waals surface area contributed by atoms with Gasteiger partial charge in [-0.3, -0.25) is 0 Å². The highest BCUT2D eigenvalue weighted by Gasteiger charge is 2.09. The van der Waals surface area contributed by atoms with Crippen molar-refractivity contribution in [2.45, 2.75) is 20.8 Å². The van der Waals surface area contributed by atoms with Gasteiger partial charge in [-0.25, -0.2) is 9.59 Å². The second-order valence-electron chi connectivity index (χ2n) is 3.91. The molecule has 0 saturated heterocycles. The monoisotopic (exact) mass is 298 g/mol. The van der Waals surface area contributed by atoms with E-state index >= 15 is 0 Å². The molecule has 4 nitrogen and oxygen atoms in total. The van der Waals surface area contributed by atoms with Gasteiger partial charge in [0.1, 0.15) is 9.75 Å². The van der Waals surface area contributed by atoms with Crippen LogP contribution in [0.5, 0.6) is 0 Å². The van der Waals surface area contributed by atoms with E-state index in [1.807, 2.05) is 19.9 Å². The standard InChI is InChI=1S/C7H8O2S.C6H6O2S/c1-4-3-5(2)10-6(4)7(8)9;1-4-2-3-9-5(4)6(7)8/h3H,1-2H3,(H,8,9);2-3H,1H3,(H,7,8). The summed E-state index contributed by atoms with van der Waals surface area (Å²) in [4.78, 5) is 22.7. The maximum absolute atomic E-state index is 10.4. The number of aromatic carboxylic acids is 2. The Kier molecular flexibility index (Phi) is 5.26. The number of aryl methyl sites for hydroxylation is 3. The van der Waals surface area contributed by atoms with Crippen LogP contribution < -0.4 is 0 Å². The molecule has 2 heterocycles. The quantitative estimate of drug-likeness (QED) is 0.884. The van der Waals surface area contributed by atoms with Gasteiger partial charge >= 0.3 is 11.9 Å². The first kappa shape index (κ1) is 15.4. The molecule has 19 heavy (non-hydrogen) atoms. The van der Waals surface area contributed by atoms with Crippen LogP contribution >= 0.6 is 22.7 Å². The summed E-state index contributed by atoms with van der Waals surface area (Å²) in [6, 6.07) is 3.68. The second-order valence-corrected chi connectivity index (χ2v) is 6.08. The van der Waals surface area contributed by atoms with Gasteiger partial charge in [0.2, 0.25) is 0 Å². The molecular formula is C13H14O4S2. The van der Waals surface area contributed by atoms with Crippen molar-refractivity contribution in [3.63, 3.8) is 0 Å². The Balaban J connectivity index is 0.000000191. The summed E-state index contributed by atoms with van der Waals surface area (Å²) in [7, 11) is 0. The normalized spacial score (nSPS) is 9.63. The Morgan fingerprint density at radius 2 is 1.58 bits per heavy atom. The largest absolute Gasteiger partial charge is 0.477 e. The fraction of sp³-hybridized carbons (Fsp3) is 0.231. The van der Waals surface area contributed by atoms with Crippen molar-refractivity contribution < 1.29 is 19.8 Å². The molecule has 2 aromatic rings. The zero-order chi connectivity index (χ0) is 14.6. The van der Waals surface area contributed by atoms with Crippen LogP contribution in [0.2, 0.25) is 0 Å². The molecule has 2 aromatic heterocycles. The van der Waals surface area contributed by atoms with E-state index in [9.17, 15) is 9.59 Å². The molecule has 6 heteroatoms. The van der Waals surface area contributed by atoms with Gasteiger partial charge in [-0.15, -0.1) is 22.7 Å². The van der Waals surface area contributed by atoms with E-state index in [0.717, 1.165) is 16.0 Å². The number of rotatable bonds is 2. The van der Waals surface area contributed by atoms with E-state index in [4.69, 9.17) is 10.2 Å². The Labute approximate surface area is 119 Å². The highest BCUT2D eigenvalue weighted by molar-refractivity contribution is 7.14. The average molecular weight is 298 g/mol. The highest BCUT2D eigenvalue weighted by Crippen LogP contribution is 2.20. The maximum atomic E-state index is 10.4. The lowest BCUT2D eigenvalue weighted by atomic mass is 10.3. The van der Waals surface area contributed by atoms with Crippen LogP contribution in [0.25, 0.3) is 0 Å². The van der Waals surface area contributed by atoms with Crippen molar-refractivity contribution >= 4 is 34.6 Å². The molecule has 0 bridgehead atoms. The molecule has 0 aliphatic rings. The Hall–Kier alpha value is -1.66. The SMILES string of the molecule is Cc1cc(C)c(C(=O)O)s1.Cc1ccsc1C(=O)O. The molecule has 0 radical (unpaired) electrons. The van der Waals surface area contributed by atoms with Gasteiger partial charge in [-0.05, 0) is 49.4 Å². The van der Waals surface area contributed by atoms with Crippen LogP contribution in [0.3, 0.4) is 0 Å². The molecule has 0 spiro atoms. The zero-order valence-electron chi connectivity index (χ0n) is 10.8. The number of hydrogen-bond donors (Lipinski definition) is 2. The van der Waals surface area contributed by atoms with Crippen molar-refractivity contribution in [3.8, 4) is 0 Å². The lowest BCUT2D eigenvalue weighted by molar-refractivity contribution is 0.0690. The third-order valence-corrected chi connectivity index (χ3v) is 4.44. The van der Waals surface area contributed by atoms with Crippen LogP contribution in [-0.4, -0.2) is 22.2 Å². The number of hydrogen-bond acceptors (Lipinski definition) is 4. The second kappa shape index (κ2) is 6.49. The molecule has 0 fully saturated rings. The summed E-state index contributed by atoms with van der Waals surface area (Å²) in [6.45, 7) is 5.51. The topological polar surface area (TPSA) is 74.6 Å². The van der Waals surface area contributed by atoms with Gasteiger partial charge in [-0.1, -0.05) is 0 Å². The van der Waals surface area contributed by atoms with Gasteiger partial charge in [0.15, 0.2) is 0 Å². The first-order chi connectivity index (χ1) is 8.82. The number of thiophene rings is 2. The molecule has 0 unspecified atom stereocenters. The van der Waals surface area contributed by atoms with Crippen LogP contribution in [0.4, 0.5) is 0 Å². The van der Waals surface area contributed by atoms with E-state index in [1.165, 1.54) is 22.7 Å². The molecule has 2 rings (SSSR count). The van der Waals surface area contributed by atoms with Gasteiger partial charge in [0.05, 0.1) is 0 Å². The summed E-state index contributed by atoms with van der Waals surface area (Å²) in [6.07, 6.45) is 0. The van der Waals surface area contributed by atoms with Crippen LogP contribution in [-0.2, 0) is 0 Å². The van der Waals surface area contributed by atoms with E-state index in [-0.39, 0.29) is 0 Å². The van der Waals surface area contributed by atoms with Crippen LogP contribution in [0.15, 0.2) is 17.5 Å². The minimum atomic E-state index is -0.831. The smallest absolute Gasteiger partial charge is 0.346 e. The highest BCUT2D eigenvalue weighted by atomic mass is 32.1. The Morgan fingerprint density at radius 1 is 1.00 bits per heavy atom. The lowest BCUT2D eigenvalue weighted by Crippen LogP contribution is -1.93. The Morgan fingerprint density at radius 3 is 1.79 bits per heavy atom. The van der Waals surface area contributed by atoms with E-state index in [2.05, 4.69) is 0 Å². The molecule has 0 saturated carbocycles. The predicted octanol–water partition coefficient (Wildman–Crippen LogP) is 3.82. The summed E-state index contributed by atoms with van der Waals surface area (Å²) in [5.74, 6) is -1.65. The van der Waals surface area contributed by atoms with Gasteiger partial charge in [0, 0.05) is 4.88 Å². The van der Waals surface area contributed by atoms with Crippen LogP contribution in [0, 0.1) is 20.8 Å². The van der Waals surface area contributed by atoms with Crippen molar-refractivity contribution in [1.82, 2.24) is 0 Å². The van der Waals surface area contributed by atoms with Gasteiger partial charge in [-0.2, -0.15) is 0 Å². The molecule has 0 atom stereocenters. The first-order valence-electron chi connectivity index (χ1n) is 5.40. The van der Waals surface area contributed by atoms with Crippen molar-refractivity contribution in [2.24, 2.45) is 0 Å². The third kappa shape index (κ3) is 4.18. The molecule has 0 aromatic carbocycles. The minimum Gasteiger partial charge on any atom is -0.477 e. The number of carbonyl (C=O) groups is 2. The molecule has 0 aliphatic carbocycles. The Bertz CT molecular complexity index is 596. The third-order valence-electron chi connectivity index (χ3n) is 2.29. The van der Waals surface area contributed by atoms with Crippen molar-refractivity contribution in [1.29, 1.82) is 0 Å². The van der Waals surface area contributed by atoms with Crippen molar-refractivity contribution in [2.75, 3.05) is 0 Å². The summed E-state index contributed by atoms with van der Waals surface area (Å²) >= 11 is 2.58. The molecular weight excluding hydrogens is 284 g/mol. The van der Waals surface area contributed by atoms with E-state index in [0.29, 0.717) is 9.75 Å². The molecule has 102 valence electrons. The summed E-state index contributed by atoms with van der Waals surface area (Å²) in [5, 5.41) is 18.8. The maximum Gasteiger partial charge on any atom is 0.346 e. The minimum absolute atomic E-state index is 0.440. The first-order valence-corrected chi connectivity index (χ1v) is 7.10. The fourth-order valence-corrected chi connectivity index (χ4v) is 3.07. The zero-order valence-corrected chi connectivity index (χ0v) is 12.4. The summed E-state index contributed by atoms with van der Waals surface area (Å²) in [5.41, 5.74) is 1.70. The number of carboxylic acids is 2. The molecule has 2 N–H and O–H groups in total. The predicted molar refractivity (Wildman–Crippen MR) is 76.8 cm³/mol. The average Bonchev–Trinajstić information content (AvgIpc) is 2.85. The molecule has 0 aliphatic heterocycles. The van der Waals surface area contributed by atoms with E-state index < -0.39 is 11.9 Å². The van der Waals surface area contributed by atoms with Gasteiger partial charge in [0.25, 0.3) is 0 Å². The lowest BCUT2D eigenvalue weighted by Gasteiger charge is -1.86. The summed E-state index contributed by atoms with van der Waals surface area (Å²) < 4.78 is 0. The van der Waals surface area contributed by atoms with Crippen molar-refractivity contribution in [3.05, 3.63) is 43.3 Å². The number of carboxylic acid groups (broad SMARTS) is 2.